The molecule has 0 N–H and O–H groups in total. The van der Waals surface area contributed by atoms with E-state index < -0.39 is 11.6 Å². The maximum absolute atomic E-state index is 13.6. The molecule has 0 unspecified atom stereocenters. The van der Waals surface area contributed by atoms with Gasteiger partial charge in [0.05, 0.1) is 6.42 Å². The molecule has 0 radical (unpaired) electrons. The molecule has 0 aliphatic carbocycles. The van der Waals surface area contributed by atoms with E-state index in [-0.39, 0.29) is 18.0 Å². The molecular formula is C16H12BrF2NO. The Hall–Kier alpha value is -1.75. The summed E-state index contributed by atoms with van der Waals surface area (Å²) in [6.45, 7) is 0.396. The van der Waals surface area contributed by atoms with E-state index in [4.69, 9.17) is 4.74 Å². The van der Waals surface area contributed by atoms with E-state index in [1.807, 2.05) is 24.3 Å². The zero-order valence-corrected chi connectivity index (χ0v) is 12.6. The van der Waals surface area contributed by atoms with Crippen LogP contribution in [0.4, 0.5) is 8.78 Å². The molecule has 5 heteroatoms. The summed E-state index contributed by atoms with van der Waals surface area (Å²) >= 11 is 3.38. The number of benzene rings is 2. The van der Waals surface area contributed by atoms with Gasteiger partial charge < -0.3 is 4.74 Å². The van der Waals surface area contributed by atoms with Gasteiger partial charge in [-0.05, 0) is 29.8 Å². The number of ether oxygens (including phenoxy) is 1. The Morgan fingerprint density at radius 1 is 1.10 bits per heavy atom. The van der Waals surface area contributed by atoms with Gasteiger partial charge in [0.15, 0.2) is 5.90 Å². The predicted octanol–water partition coefficient (Wildman–Crippen LogP) is 4.44. The molecule has 1 aliphatic heterocycles. The number of halogens is 3. The van der Waals surface area contributed by atoms with Gasteiger partial charge in [-0.25, -0.2) is 13.8 Å². The van der Waals surface area contributed by atoms with Crippen molar-refractivity contribution < 1.29 is 13.5 Å². The van der Waals surface area contributed by atoms with Crippen molar-refractivity contribution in [2.45, 2.75) is 12.5 Å². The molecule has 0 aromatic heterocycles. The van der Waals surface area contributed by atoms with Crippen LogP contribution in [0, 0.1) is 11.6 Å². The van der Waals surface area contributed by atoms with Crippen LogP contribution < -0.4 is 0 Å². The monoisotopic (exact) mass is 351 g/mol. The second kappa shape index (κ2) is 5.93. The summed E-state index contributed by atoms with van der Waals surface area (Å²) in [6.07, 6.45) is 0.0333. The maximum atomic E-state index is 13.6. The zero-order chi connectivity index (χ0) is 14.8. The van der Waals surface area contributed by atoms with Crippen molar-refractivity contribution in [1.82, 2.24) is 0 Å². The topological polar surface area (TPSA) is 21.6 Å². The number of hydrogen-bond donors (Lipinski definition) is 0. The van der Waals surface area contributed by atoms with Crippen LogP contribution in [0.2, 0.25) is 0 Å². The van der Waals surface area contributed by atoms with Crippen molar-refractivity contribution in [3.05, 3.63) is 69.7 Å². The first kappa shape index (κ1) is 14.2. The van der Waals surface area contributed by atoms with E-state index in [2.05, 4.69) is 20.9 Å². The zero-order valence-electron chi connectivity index (χ0n) is 11.0. The van der Waals surface area contributed by atoms with Crippen LogP contribution in [0.1, 0.15) is 17.2 Å². The third-order valence-electron chi connectivity index (χ3n) is 3.35. The molecule has 0 bridgehead atoms. The smallest absolute Gasteiger partial charge is 0.188 e. The molecular weight excluding hydrogens is 340 g/mol. The first-order valence-electron chi connectivity index (χ1n) is 6.51. The normalized spacial score (nSPS) is 17.5. The van der Waals surface area contributed by atoms with Gasteiger partial charge in [0, 0.05) is 10.0 Å². The summed E-state index contributed by atoms with van der Waals surface area (Å²) in [4.78, 5) is 4.41. The third kappa shape index (κ3) is 3.13. The van der Waals surface area contributed by atoms with Gasteiger partial charge in [-0.15, -0.1) is 0 Å². The van der Waals surface area contributed by atoms with Gasteiger partial charge in [0.25, 0.3) is 0 Å². The van der Waals surface area contributed by atoms with E-state index in [1.54, 1.807) is 0 Å². The molecule has 0 saturated carbocycles. The highest BCUT2D eigenvalue weighted by Crippen LogP contribution is 2.26. The van der Waals surface area contributed by atoms with E-state index in [0.717, 1.165) is 10.0 Å². The fourth-order valence-electron chi connectivity index (χ4n) is 2.23. The Morgan fingerprint density at radius 3 is 2.43 bits per heavy atom. The van der Waals surface area contributed by atoms with Crippen LogP contribution in [0.5, 0.6) is 0 Å². The summed E-state index contributed by atoms with van der Waals surface area (Å²) in [7, 11) is 0. The van der Waals surface area contributed by atoms with Crippen molar-refractivity contribution in [3.8, 4) is 0 Å². The van der Waals surface area contributed by atoms with Crippen LogP contribution in [-0.4, -0.2) is 12.5 Å². The molecule has 2 aromatic carbocycles. The SMILES string of the molecule is Fc1cccc(F)c1CC1=N[C@@H](c2ccc(Br)cc2)CO1. The van der Waals surface area contributed by atoms with Crippen molar-refractivity contribution in [1.29, 1.82) is 0 Å². The Kier molecular flexibility index (Phi) is 4.01. The summed E-state index contributed by atoms with van der Waals surface area (Å²) in [5.74, 6) is -0.784. The van der Waals surface area contributed by atoms with Gasteiger partial charge in [-0.1, -0.05) is 34.1 Å². The fourth-order valence-corrected chi connectivity index (χ4v) is 2.49. The van der Waals surface area contributed by atoms with Crippen molar-refractivity contribution in [2.24, 2.45) is 4.99 Å². The molecule has 3 rings (SSSR count). The second-order valence-electron chi connectivity index (χ2n) is 4.78. The van der Waals surface area contributed by atoms with Gasteiger partial charge in [-0.2, -0.15) is 0 Å². The lowest BCUT2D eigenvalue weighted by atomic mass is 10.1. The summed E-state index contributed by atoms with van der Waals surface area (Å²) in [5, 5.41) is 0. The van der Waals surface area contributed by atoms with Gasteiger partial charge in [0.2, 0.25) is 0 Å². The molecule has 0 fully saturated rings. The van der Waals surface area contributed by atoms with Gasteiger partial charge in [-0.3, -0.25) is 0 Å². The quantitative estimate of drug-likeness (QED) is 0.800. The van der Waals surface area contributed by atoms with Crippen molar-refractivity contribution >= 4 is 21.8 Å². The van der Waals surface area contributed by atoms with E-state index in [0.29, 0.717) is 12.5 Å². The highest BCUT2D eigenvalue weighted by atomic mass is 79.9. The van der Waals surface area contributed by atoms with Crippen LogP contribution in [0.25, 0.3) is 0 Å². The minimum atomic E-state index is -0.576. The molecule has 21 heavy (non-hydrogen) atoms. The highest BCUT2D eigenvalue weighted by molar-refractivity contribution is 9.10. The minimum absolute atomic E-state index is 0.00675. The van der Waals surface area contributed by atoms with E-state index >= 15 is 0 Å². The fraction of sp³-hybridized carbons (Fsp3) is 0.188. The highest BCUT2D eigenvalue weighted by Gasteiger charge is 2.22. The average Bonchev–Trinajstić information content (AvgIpc) is 2.92. The molecule has 0 saturated heterocycles. The van der Waals surface area contributed by atoms with Gasteiger partial charge >= 0.3 is 0 Å². The van der Waals surface area contributed by atoms with E-state index in [1.165, 1.54) is 18.2 Å². The van der Waals surface area contributed by atoms with Crippen molar-refractivity contribution in [2.75, 3.05) is 6.61 Å². The molecule has 1 aliphatic rings. The van der Waals surface area contributed by atoms with Crippen molar-refractivity contribution in [3.63, 3.8) is 0 Å². The standard InChI is InChI=1S/C16H12BrF2NO/c17-11-6-4-10(5-7-11)15-9-21-16(20-15)8-12-13(18)2-1-3-14(12)19/h1-7,15H,8-9H2/t15-/m1/s1. The number of hydrogen-bond acceptors (Lipinski definition) is 2. The Morgan fingerprint density at radius 2 is 1.76 bits per heavy atom. The van der Waals surface area contributed by atoms with Crippen LogP contribution in [-0.2, 0) is 11.2 Å². The molecule has 2 nitrogen and oxygen atoms in total. The number of nitrogens with zero attached hydrogens (tertiary/aromatic N) is 1. The first-order valence-corrected chi connectivity index (χ1v) is 7.30. The lowest BCUT2D eigenvalue weighted by Gasteiger charge is -2.04. The first-order chi connectivity index (χ1) is 10.1. The average molecular weight is 352 g/mol. The Labute approximate surface area is 129 Å². The molecule has 0 spiro atoms. The number of rotatable bonds is 3. The van der Waals surface area contributed by atoms with Gasteiger partial charge in [0.1, 0.15) is 24.3 Å². The molecule has 1 atom stereocenters. The lowest BCUT2D eigenvalue weighted by Crippen LogP contribution is -2.07. The Balaban J connectivity index is 1.79. The van der Waals surface area contributed by atoms with Crippen LogP contribution >= 0.6 is 15.9 Å². The Bertz CT molecular complexity index is 665. The summed E-state index contributed by atoms with van der Waals surface area (Å²) in [6, 6.07) is 11.5. The van der Waals surface area contributed by atoms with E-state index in [9.17, 15) is 8.78 Å². The molecule has 2 aromatic rings. The summed E-state index contributed by atoms with van der Waals surface area (Å²) in [5.41, 5.74) is 1.01. The second-order valence-corrected chi connectivity index (χ2v) is 5.69. The van der Waals surface area contributed by atoms with Crippen LogP contribution in [0.3, 0.4) is 0 Å². The largest absolute Gasteiger partial charge is 0.478 e. The lowest BCUT2D eigenvalue weighted by molar-refractivity contribution is 0.313. The molecule has 0 amide bonds. The van der Waals surface area contributed by atoms with Crippen LogP contribution in [0.15, 0.2) is 51.9 Å². The molecule has 108 valence electrons. The number of aliphatic imine (C=N–C) groups is 1. The third-order valence-corrected chi connectivity index (χ3v) is 3.88. The minimum Gasteiger partial charge on any atom is -0.478 e. The summed E-state index contributed by atoms with van der Waals surface area (Å²) < 4.78 is 33.7. The molecule has 1 heterocycles. The maximum Gasteiger partial charge on any atom is 0.188 e. The predicted molar refractivity (Wildman–Crippen MR) is 80.3 cm³/mol.